The van der Waals surface area contributed by atoms with Crippen molar-refractivity contribution >= 4 is 35.5 Å². The van der Waals surface area contributed by atoms with E-state index in [9.17, 15) is 39.0 Å². The molecule has 0 bridgehead atoms. The number of carbonyl (C=O) groups is 6. The first kappa shape index (κ1) is 42.1. The zero-order valence-corrected chi connectivity index (χ0v) is 30.2. The summed E-state index contributed by atoms with van der Waals surface area (Å²) in [7, 11) is 0. The van der Waals surface area contributed by atoms with E-state index >= 15 is 0 Å². The molecule has 0 aliphatic carbocycles. The number of ether oxygens (including phenoxy) is 1. The second kappa shape index (κ2) is 21.2. The molecule has 1 aliphatic rings. The highest BCUT2D eigenvalue weighted by Crippen LogP contribution is 2.16. The number of cyclic esters (lactones) is 1. The van der Waals surface area contributed by atoms with Crippen LogP contribution in [0.4, 0.5) is 0 Å². The zero-order chi connectivity index (χ0) is 37.4. The lowest BCUT2D eigenvalue weighted by molar-refractivity contribution is -0.155. The molecule has 14 nitrogen and oxygen atoms in total. The molecule has 50 heavy (non-hydrogen) atoms. The monoisotopic (exact) mass is 703 g/mol. The minimum absolute atomic E-state index is 0.00864. The van der Waals surface area contributed by atoms with Crippen LogP contribution in [0.3, 0.4) is 0 Å². The van der Waals surface area contributed by atoms with Crippen molar-refractivity contribution < 1.29 is 43.7 Å². The van der Waals surface area contributed by atoms with Gasteiger partial charge >= 0.3 is 5.97 Å². The van der Waals surface area contributed by atoms with Crippen LogP contribution >= 0.6 is 0 Å². The van der Waals surface area contributed by atoms with Gasteiger partial charge in [0.15, 0.2) is 0 Å². The van der Waals surface area contributed by atoms with Crippen LogP contribution < -0.4 is 26.6 Å². The molecule has 1 fully saturated rings. The van der Waals surface area contributed by atoms with E-state index in [4.69, 9.17) is 4.74 Å². The summed E-state index contributed by atoms with van der Waals surface area (Å²) in [4.78, 5) is 81.2. The van der Waals surface area contributed by atoms with Crippen molar-refractivity contribution in [1.82, 2.24) is 26.6 Å². The number of hydrogen-bond donors (Lipinski definition) is 7. The van der Waals surface area contributed by atoms with Crippen molar-refractivity contribution in [3.8, 4) is 0 Å². The van der Waals surface area contributed by atoms with Gasteiger partial charge in [-0.15, -0.1) is 0 Å². The molecule has 1 aromatic carbocycles. The number of benzene rings is 1. The van der Waals surface area contributed by atoms with Gasteiger partial charge in [-0.2, -0.15) is 0 Å². The standard InChI is InChI=1S/C36H57N5O9/c1-7-8-10-15-25-19-30(44)37-26(16-21(2)3)32(45)40-29(20-42)34(47)41-31(23(6)43)35(48)38-27(18-24-13-11-9-12-14-24)33(46)39-28(17-22(4)5)36(49)50-25/h9,11-14,21-23,25-29,31,42-43H,7-8,10,15-20H2,1-6H3,(H,37,44)(H,38,48)(H,39,46)(H,40,45)(H,41,47)/t23-,25?,26-,27+,28+,29+,31+/m1/s1. The summed E-state index contributed by atoms with van der Waals surface area (Å²) in [6.07, 6.45) is 0.619. The fourth-order valence-corrected chi connectivity index (χ4v) is 5.64. The van der Waals surface area contributed by atoms with E-state index in [1.165, 1.54) is 6.92 Å². The predicted octanol–water partition coefficient (Wildman–Crippen LogP) is 1.01. The van der Waals surface area contributed by atoms with Crippen LogP contribution in [0, 0.1) is 11.8 Å². The summed E-state index contributed by atoms with van der Waals surface area (Å²) in [6.45, 7) is 9.87. The second-order valence-corrected chi connectivity index (χ2v) is 13.9. The quantitative estimate of drug-likeness (QED) is 0.122. The number of esters is 1. The Labute approximate surface area is 295 Å². The average molecular weight is 704 g/mol. The van der Waals surface area contributed by atoms with Crippen LogP contribution in [0.15, 0.2) is 30.3 Å². The van der Waals surface area contributed by atoms with E-state index < -0.39 is 84.5 Å². The Bertz CT molecular complexity index is 1270. The molecule has 0 aromatic heterocycles. The summed E-state index contributed by atoms with van der Waals surface area (Å²) in [5.74, 6) is -4.72. The molecule has 1 saturated heterocycles. The number of hydrogen-bond acceptors (Lipinski definition) is 9. The third-order valence-electron chi connectivity index (χ3n) is 8.29. The number of aliphatic hydroxyl groups is 2. The molecule has 5 amide bonds. The summed E-state index contributed by atoms with van der Waals surface area (Å²) in [5, 5.41) is 33.4. The molecule has 1 unspecified atom stereocenters. The minimum Gasteiger partial charge on any atom is -0.460 e. The smallest absolute Gasteiger partial charge is 0.328 e. The lowest BCUT2D eigenvalue weighted by Gasteiger charge is -2.28. The first-order valence-electron chi connectivity index (χ1n) is 17.7. The zero-order valence-electron chi connectivity index (χ0n) is 30.2. The lowest BCUT2D eigenvalue weighted by Crippen LogP contribution is -2.62. The van der Waals surface area contributed by atoms with E-state index in [1.807, 2.05) is 34.6 Å². The van der Waals surface area contributed by atoms with E-state index in [-0.39, 0.29) is 37.5 Å². The normalized spacial score (nSPS) is 25.6. The highest BCUT2D eigenvalue weighted by Gasteiger charge is 2.36. The Kier molecular flexibility index (Phi) is 17.9. The van der Waals surface area contributed by atoms with Crippen LogP contribution in [0.2, 0.25) is 0 Å². The van der Waals surface area contributed by atoms with Gasteiger partial charge in [0.25, 0.3) is 0 Å². The van der Waals surface area contributed by atoms with Crippen molar-refractivity contribution in [2.75, 3.05) is 6.61 Å². The number of unbranched alkanes of at least 4 members (excludes halogenated alkanes) is 2. The van der Waals surface area contributed by atoms with Gasteiger partial charge < -0.3 is 41.5 Å². The fraction of sp³-hybridized carbons (Fsp3) is 0.667. The molecule has 7 atom stereocenters. The number of amides is 5. The van der Waals surface area contributed by atoms with E-state index in [1.54, 1.807) is 30.3 Å². The number of rotatable bonds is 12. The van der Waals surface area contributed by atoms with Gasteiger partial charge in [-0.3, -0.25) is 24.0 Å². The molecular weight excluding hydrogens is 646 g/mol. The van der Waals surface area contributed by atoms with Crippen LogP contribution in [-0.2, 0) is 39.9 Å². The van der Waals surface area contributed by atoms with Gasteiger partial charge in [-0.25, -0.2) is 4.79 Å². The highest BCUT2D eigenvalue weighted by molar-refractivity contribution is 5.96. The van der Waals surface area contributed by atoms with Crippen LogP contribution in [0.25, 0.3) is 0 Å². The molecule has 280 valence electrons. The molecule has 0 saturated carbocycles. The maximum Gasteiger partial charge on any atom is 0.328 e. The number of aliphatic hydroxyl groups excluding tert-OH is 2. The Morgan fingerprint density at radius 3 is 1.86 bits per heavy atom. The molecule has 7 N–H and O–H groups in total. The van der Waals surface area contributed by atoms with Crippen molar-refractivity contribution in [1.29, 1.82) is 0 Å². The van der Waals surface area contributed by atoms with Gasteiger partial charge in [-0.1, -0.05) is 77.8 Å². The minimum atomic E-state index is -1.59. The summed E-state index contributed by atoms with van der Waals surface area (Å²) < 4.78 is 5.89. The molecular formula is C36H57N5O9. The number of nitrogens with one attached hydrogen (secondary N) is 5. The second-order valence-electron chi connectivity index (χ2n) is 13.9. The molecule has 2 rings (SSSR count). The van der Waals surface area contributed by atoms with Crippen LogP contribution in [0.5, 0.6) is 0 Å². The van der Waals surface area contributed by atoms with Crippen LogP contribution in [0.1, 0.15) is 92.1 Å². The maximum atomic E-state index is 13.9. The van der Waals surface area contributed by atoms with Crippen molar-refractivity contribution in [2.24, 2.45) is 11.8 Å². The Morgan fingerprint density at radius 2 is 1.28 bits per heavy atom. The molecule has 1 aliphatic heterocycles. The van der Waals surface area contributed by atoms with Crippen molar-refractivity contribution in [3.05, 3.63) is 35.9 Å². The van der Waals surface area contributed by atoms with Crippen molar-refractivity contribution in [3.63, 3.8) is 0 Å². The first-order chi connectivity index (χ1) is 23.6. The van der Waals surface area contributed by atoms with E-state index in [0.29, 0.717) is 18.4 Å². The SMILES string of the molecule is CCCCCC1CC(=O)N[C@H](CC(C)C)C(=O)N[C@@H](CO)C(=O)N[C@@H]([C@@H](C)O)C(=O)N[C@@H](Cc2ccccc2)C(=O)N[C@@H](CC(C)C)C(=O)O1. The fourth-order valence-electron chi connectivity index (χ4n) is 5.64. The molecule has 14 heteroatoms. The maximum absolute atomic E-state index is 13.9. The first-order valence-corrected chi connectivity index (χ1v) is 17.7. The van der Waals surface area contributed by atoms with Gasteiger partial charge in [0.2, 0.25) is 29.5 Å². The Balaban J connectivity index is 2.60. The number of carbonyl (C=O) groups excluding carboxylic acids is 6. The van der Waals surface area contributed by atoms with Gasteiger partial charge in [0.1, 0.15) is 36.3 Å². The lowest BCUT2D eigenvalue weighted by atomic mass is 10.0. The molecule has 0 radical (unpaired) electrons. The van der Waals surface area contributed by atoms with Gasteiger partial charge in [0, 0.05) is 6.42 Å². The largest absolute Gasteiger partial charge is 0.460 e. The average Bonchev–Trinajstić information content (AvgIpc) is 3.04. The Hall–Kier alpha value is -4.04. The molecule has 0 spiro atoms. The summed E-state index contributed by atoms with van der Waals surface area (Å²) >= 11 is 0. The van der Waals surface area contributed by atoms with E-state index in [2.05, 4.69) is 26.6 Å². The molecule has 1 aromatic rings. The highest BCUT2D eigenvalue weighted by atomic mass is 16.5. The van der Waals surface area contributed by atoms with Gasteiger partial charge in [-0.05, 0) is 50.0 Å². The van der Waals surface area contributed by atoms with Gasteiger partial charge in [0.05, 0.1) is 19.1 Å². The third kappa shape index (κ3) is 14.4. The Morgan fingerprint density at radius 1 is 0.720 bits per heavy atom. The van der Waals surface area contributed by atoms with Crippen molar-refractivity contribution in [2.45, 2.75) is 135 Å². The molecule has 1 heterocycles. The summed E-state index contributed by atoms with van der Waals surface area (Å²) in [5.41, 5.74) is 0.688. The summed E-state index contributed by atoms with van der Waals surface area (Å²) in [6, 6.07) is 2.25. The topological polar surface area (TPSA) is 212 Å². The van der Waals surface area contributed by atoms with E-state index in [0.717, 1.165) is 12.8 Å². The van der Waals surface area contributed by atoms with Crippen LogP contribution in [-0.4, -0.2) is 94.7 Å². The third-order valence-corrected chi connectivity index (χ3v) is 8.29. The predicted molar refractivity (Wildman–Crippen MR) is 186 cm³/mol.